The molecule has 148 valence electrons. The molecule has 0 spiro atoms. The third kappa shape index (κ3) is 3.82. The van der Waals surface area contributed by atoms with Crippen LogP contribution in [-0.4, -0.2) is 24.9 Å². The zero-order valence-electron chi connectivity index (χ0n) is 16.5. The van der Waals surface area contributed by atoms with Gasteiger partial charge in [-0.25, -0.2) is 19.9 Å². The molecule has 7 heteroatoms. The van der Waals surface area contributed by atoms with E-state index in [0.717, 1.165) is 47.7 Å². The number of fused-ring (bicyclic) bond motifs is 1. The Morgan fingerprint density at radius 1 is 1.00 bits per heavy atom. The van der Waals surface area contributed by atoms with E-state index in [4.69, 9.17) is 14.7 Å². The van der Waals surface area contributed by atoms with E-state index in [-0.39, 0.29) is 0 Å². The quantitative estimate of drug-likeness (QED) is 0.525. The summed E-state index contributed by atoms with van der Waals surface area (Å²) in [6.45, 7) is 1.90. The van der Waals surface area contributed by atoms with Crippen LogP contribution in [0.4, 0.5) is 11.5 Å². The van der Waals surface area contributed by atoms with Gasteiger partial charge in [-0.3, -0.25) is 4.98 Å². The second-order valence-corrected chi connectivity index (χ2v) is 7.17. The van der Waals surface area contributed by atoms with Gasteiger partial charge in [0.15, 0.2) is 5.82 Å². The Bertz CT molecular complexity index is 1180. The molecule has 7 nitrogen and oxygen atoms in total. The SMILES string of the molecule is Cc1cc(Oc2ccc(Nc3nc(-c4cccnc4)nc4c3CCC4)cc2)ncn1. The van der Waals surface area contributed by atoms with Gasteiger partial charge in [0.2, 0.25) is 5.88 Å². The summed E-state index contributed by atoms with van der Waals surface area (Å²) in [5.41, 5.74) is 5.02. The van der Waals surface area contributed by atoms with Gasteiger partial charge >= 0.3 is 0 Å². The van der Waals surface area contributed by atoms with E-state index in [1.54, 1.807) is 18.5 Å². The number of hydrogen-bond donors (Lipinski definition) is 1. The lowest BCUT2D eigenvalue weighted by molar-refractivity contribution is 0.461. The molecule has 30 heavy (non-hydrogen) atoms. The third-order valence-corrected chi connectivity index (χ3v) is 4.97. The highest BCUT2D eigenvalue weighted by molar-refractivity contribution is 5.65. The molecular weight excluding hydrogens is 376 g/mol. The lowest BCUT2D eigenvalue weighted by Crippen LogP contribution is -2.04. The fraction of sp³-hybridized carbons (Fsp3) is 0.174. The summed E-state index contributed by atoms with van der Waals surface area (Å²) in [6, 6.07) is 13.4. The van der Waals surface area contributed by atoms with Crippen LogP contribution in [0.2, 0.25) is 0 Å². The number of nitrogens with one attached hydrogen (secondary N) is 1. The molecule has 0 unspecified atom stereocenters. The number of benzene rings is 1. The lowest BCUT2D eigenvalue weighted by atomic mass is 10.2. The van der Waals surface area contributed by atoms with E-state index in [1.807, 2.05) is 43.3 Å². The van der Waals surface area contributed by atoms with Crippen molar-refractivity contribution in [3.05, 3.63) is 78.1 Å². The Morgan fingerprint density at radius 2 is 1.90 bits per heavy atom. The highest BCUT2D eigenvalue weighted by atomic mass is 16.5. The Hall–Kier alpha value is -3.87. The van der Waals surface area contributed by atoms with E-state index < -0.39 is 0 Å². The van der Waals surface area contributed by atoms with Gasteiger partial charge in [0, 0.05) is 46.7 Å². The van der Waals surface area contributed by atoms with Crippen molar-refractivity contribution >= 4 is 11.5 Å². The summed E-state index contributed by atoms with van der Waals surface area (Å²) in [5.74, 6) is 2.79. The molecule has 0 bridgehead atoms. The molecule has 1 aliphatic rings. The molecular formula is C23H20N6O. The minimum Gasteiger partial charge on any atom is -0.439 e. The van der Waals surface area contributed by atoms with E-state index in [2.05, 4.69) is 20.3 Å². The summed E-state index contributed by atoms with van der Waals surface area (Å²) in [4.78, 5) is 22.0. The molecule has 0 atom stereocenters. The maximum Gasteiger partial charge on any atom is 0.222 e. The van der Waals surface area contributed by atoms with Crippen LogP contribution >= 0.6 is 0 Å². The van der Waals surface area contributed by atoms with Gasteiger partial charge in [0.25, 0.3) is 0 Å². The topological polar surface area (TPSA) is 85.7 Å². The van der Waals surface area contributed by atoms with Crippen molar-refractivity contribution in [2.45, 2.75) is 26.2 Å². The van der Waals surface area contributed by atoms with Gasteiger partial charge in [-0.1, -0.05) is 0 Å². The predicted octanol–water partition coefficient (Wildman–Crippen LogP) is 4.66. The van der Waals surface area contributed by atoms with Crippen LogP contribution in [0.5, 0.6) is 11.6 Å². The average molecular weight is 396 g/mol. The minimum atomic E-state index is 0.526. The molecule has 0 radical (unpaired) electrons. The van der Waals surface area contributed by atoms with E-state index in [9.17, 15) is 0 Å². The van der Waals surface area contributed by atoms with Crippen LogP contribution < -0.4 is 10.1 Å². The number of pyridine rings is 1. The molecule has 0 aliphatic heterocycles. The monoisotopic (exact) mass is 396 g/mol. The highest BCUT2D eigenvalue weighted by Crippen LogP contribution is 2.31. The Morgan fingerprint density at radius 3 is 2.70 bits per heavy atom. The van der Waals surface area contributed by atoms with Crippen molar-refractivity contribution in [2.24, 2.45) is 0 Å². The van der Waals surface area contributed by atoms with Crippen LogP contribution in [-0.2, 0) is 12.8 Å². The first-order valence-electron chi connectivity index (χ1n) is 9.88. The third-order valence-electron chi connectivity index (χ3n) is 4.97. The minimum absolute atomic E-state index is 0.526. The molecule has 0 saturated heterocycles. The molecule has 3 heterocycles. The average Bonchev–Trinajstić information content (AvgIpc) is 3.25. The van der Waals surface area contributed by atoms with Gasteiger partial charge in [-0.2, -0.15) is 0 Å². The second kappa shape index (κ2) is 7.87. The lowest BCUT2D eigenvalue weighted by Gasteiger charge is -2.13. The van der Waals surface area contributed by atoms with Crippen LogP contribution in [0.3, 0.4) is 0 Å². The van der Waals surface area contributed by atoms with Gasteiger partial charge in [-0.05, 0) is 62.6 Å². The molecule has 0 saturated carbocycles. The zero-order chi connectivity index (χ0) is 20.3. The number of anilines is 2. The fourth-order valence-corrected chi connectivity index (χ4v) is 3.51. The Kier molecular flexibility index (Phi) is 4.77. The van der Waals surface area contributed by atoms with Crippen LogP contribution in [0.15, 0.2) is 61.2 Å². The van der Waals surface area contributed by atoms with Crippen molar-refractivity contribution in [1.29, 1.82) is 0 Å². The highest BCUT2D eigenvalue weighted by Gasteiger charge is 2.20. The van der Waals surface area contributed by atoms with Crippen molar-refractivity contribution in [2.75, 3.05) is 5.32 Å². The predicted molar refractivity (Wildman–Crippen MR) is 114 cm³/mol. The number of ether oxygens (including phenoxy) is 1. The van der Waals surface area contributed by atoms with Gasteiger partial charge in [-0.15, -0.1) is 0 Å². The van der Waals surface area contributed by atoms with E-state index >= 15 is 0 Å². The Labute approximate surface area is 174 Å². The van der Waals surface area contributed by atoms with Crippen molar-refractivity contribution in [3.8, 4) is 23.0 Å². The Balaban J connectivity index is 1.39. The number of aromatic nitrogens is 5. The summed E-state index contributed by atoms with van der Waals surface area (Å²) in [5, 5.41) is 3.46. The molecule has 5 rings (SSSR count). The number of aryl methyl sites for hydroxylation is 2. The van der Waals surface area contributed by atoms with Gasteiger partial charge in [0.05, 0.1) is 0 Å². The molecule has 1 N–H and O–H groups in total. The standard InChI is InChI=1S/C23H20N6O/c1-15-12-21(26-14-25-15)30-18-9-7-17(8-10-18)27-23-19-5-2-6-20(19)28-22(29-23)16-4-3-11-24-13-16/h3-4,7-14H,2,5-6H2,1H3,(H,27,28,29). The maximum absolute atomic E-state index is 5.80. The second-order valence-electron chi connectivity index (χ2n) is 7.17. The fourth-order valence-electron chi connectivity index (χ4n) is 3.51. The van der Waals surface area contributed by atoms with Crippen molar-refractivity contribution in [3.63, 3.8) is 0 Å². The van der Waals surface area contributed by atoms with Crippen molar-refractivity contribution < 1.29 is 4.74 Å². The smallest absolute Gasteiger partial charge is 0.222 e. The van der Waals surface area contributed by atoms with Gasteiger partial charge in [0.1, 0.15) is 17.9 Å². The molecule has 0 amide bonds. The van der Waals surface area contributed by atoms with Crippen molar-refractivity contribution in [1.82, 2.24) is 24.9 Å². The first kappa shape index (κ1) is 18.2. The van der Waals surface area contributed by atoms with Crippen LogP contribution in [0, 0.1) is 6.92 Å². The number of hydrogen-bond acceptors (Lipinski definition) is 7. The van der Waals surface area contributed by atoms with E-state index in [0.29, 0.717) is 17.5 Å². The maximum atomic E-state index is 5.80. The van der Waals surface area contributed by atoms with Crippen LogP contribution in [0.1, 0.15) is 23.4 Å². The number of rotatable bonds is 5. The largest absolute Gasteiger partial charge is 0.439 e. The molecule has 1 aromatic carbocycles. The van der Waals surface area contributed by atoms with Gasteiger partial charge < -0.3 is 10.1 Å². The molecule has 4 aromatic rings. The normalized spacial score (nSPS) is 12.4. The summed E-state index contributed by atoms with van der Waals surface area (Å²) in [6.07, 6.45) is 8.10. The molecule has 3 aromatic heterocycles. The van der Waals surface area contributed by atoms with E-state index in [1.165, 1.54) is 11.9 Å². The first-order valence-corrected chi connectivity index (χ1v) is 9.88. The first-order chi connectivity index (χ1) is 14.7. The zero-order valence-corrected chi connectivity index (χ0v) is 16.5. The molecule has 1 aliphatic carbocycles. The van der Waals surface area contributed by atoms with Crippen LogP contribution in [0.25, 0.3) is 11.4 Å². The summed E-state index contributed by atoms with van der Waals surface area (Å²) >= 11 is 0. The molecule has 0 fully saturated rings. The summed E-state index contributed by atoms with van der Waals surface area (Å²) in [7, 11) is 0. The number of nitrogens with zero attached hydrogens (tertiary/aromatic N) is 5. The summed E-state index contributed by atoms with van der Waals surface area (Å²) < 4.78 is 5.80.